The van der Waals surface area contributed by atoms with Crippen LogP contribution in [-0.2, 0) is 9.53 Å². The van der Waals surface area contributed by atoms with Crippen molar-refractivity contribution in [2.24, 2.45) is 11.8 Å². The van der Waals surface area contributed by atoms with Crippen molar-refractivity contribution in [3.05, 3.63) is 0 Å². The Kier molecular flexibility index (Phi) is 6.27. The minimum atomic E-state index is -0.0403. The van der Waals surface area contributed by atoms with Gasteiger partial charge in [-0.25, -0.2) is 0 Å². The molecule has 0 aliphatic carbocycles. The zero-order valence-corrected chi connectivity index (χ0v) is 13.3. The number of rotatable bonds is 7. The maximum absolute atomic E-state index is 12.6. The van der Waals surface area contributed by atoms with E-state index in [9.17, 15) is 4.79 Å². The summed E-state index contributed by atoms with van der Waals surface area (Å²) in [4.78, 5) is 14.6. The molecule has 0 radical (unpaired) electrons. The molecule has 4 unspecified atom stereocenters. The molecule has 4 heteroatoms. The highest BCUT2D eigenvalue weighted by Crippen LogP contribution is 2.25. The van der Waals surface area contributed by atoms with Gasteiger partial charge in [0, 0.05) is 6.61 Å². The van der Waals surface area contributed by atoms with Gasteiger partial charge in [0.2, 0.25) is 5.91 Å². The van der Waals surface area contributed by atoms with E-state index in [1.54, 1.807) is 0 Å². The monoisotopic (exact) mass is 270 g/mol. The first-order valence-corrected chi connectivity index (χ1v) is 7.59. The van der Waals surface area contributed by atoms with Crippen molar-refractivity contribution in [3.63, 3.8) is 0 Å². The van der Waals surface area contributed by atoms with E-state index in [4.69, 9.17) is 4.74 Å². The van der Waals surface area contributed by atoms with Gasteiger partial charge in [-0.15, -0.1) is 0 Å². The molecule has 0 aromatic rings. The molecule has 0 bridgehead atoms. The Hall–Kier alpha value is -0.610. The molecule has 1 heterocycles. The first kappa shape index (κ1) is 16.4. The predicted molar refractivity (Wildman–Crippen MR) is 77.8 cm³/mol. The van der Waals surface area contributed by atoms with Gasteiger partial charge in [-0.1, -0.05) is 34.1 Å². The quantitative estimate of drug-likeness (QED) is 0.771. The molecule has 1 fully saturated rings. The van der Waals surface area contributed by atoms with Gasteiger partial charge >= 0.3 is 0 Å². The molecule has 1 N–H and O–H groups in total. The Labute approximate surface area is 117 Å². The summed E-state index contributed by atoms with van der Waals surface area (Å²) < 4.78 is 5.48. The number of amides is 1. The van der Waals surface area contributed by atoms with E-state index in [2.05, 4.69) is 39.9 Å². The molecule has 0 aromatic carbocycles. The minimum absolute atomic E-state index is 0.0403. The zero-order chi connectivity index (χ0) is 14.6. The Bertz CT molecular complexity index is 294. The van der Waals surface area contributed by atoms with E-state index in [1.807, 2.05) is 11.8 Å². The number of hydrogen-bond donors (Lipinski definition) is 1. The Morgan fingerprint density at radius 3 is 2.37 bits per heavy atom. The van der Waals surface area contributed by atoms with Crippen LogP contribution < -0.4 is 5.32 Å². The average Bonchev–Trinajstić information content (AvgIpc) is 2.73. The smallest absolute Gasteiger partial charge is 0.241 e. The van der Waals surface area contributed by atoms with Crippen LogP contribution in [0.5, 0.6) is 0 Å². The highest BCUT2D eigenvalue weighted by Gasteiger charge is 2.44. The lowest BCUT2D eigenvalue weighted by Crippen LogP contribution is -2.47. The fourth-order valence-electron chi connectivity index (χ4n) is 2.65. The molecule has 1 aliphatic heterocycles. The first-order valence-electron chi connectivity index (χ1n) is 7.59. The second-order valence-electron chi connectivity index (χ2n) is 5.97. The molecule has 0 aromatic heterocycles. The second kappa shape index (κ2) is 7.25. The third-order valence-corrected chi connectivity index (χ3v) is 4.05. The number of nitrogens with one attached hydrogen (secondary N) is 1. The first-order chi connectivity index (χ1) is 8.93. The van der Waals surface area contributed by atoms with Crippen LogP contribution in [-0.4, -0.2) is 42.3 Å². The zero-order valence-electron chi connectivity index (χ0n) is 13.3. The van der Waals surface area contributed by atoms with E-state index in [-0.39, 0.29) is 24.2 Å². The Morgan fingerprint density at radius 2 is 1.89 bits per heavy atom. The highest BCUT2D eigenvalue weighted by molar-refractivity contribution is 5.85. The molecule has 1 amide bonds. The summed E-state index contributed by atoms with van der Waals surface area (Å²) in [7, 11) is 0. The van der Waals surface area contributed by atoms with Gasteiger partial charge in [-0.05, 0) is 25.7 Å². The summed E-state index contributed by atoms with van der Waals surface area (Å²) in [6, 6.07) is 0.0860. The van der Waals surface area contributed by atoms with Crippen molar-refractivity contribution < 1.29 is 9.53 Å². The summed E-state index contributed by atoms with van der Waals surface area (Å²) in [6.07, 6.45) is 1.14. The van der Waals surface area contributed by atoms with Crippen LogP contribution in [0.3, 0.4) is 0 Å². The molecule has 4 nitrogen and oxygen atoms in total. The SMILES string of the molecule is CCOCC(C)N1C(=O)C(C(C)CC)NC1C(C)C. The topological polar surface area (TPSA) is 41.6 Å². The van der Waals surface area contributed by atoms with Crippen LogP contribution in [0.4, 0.5) is 0 Å². The van der Waals surface area contributed by atoms with Crippen molar-refractivity contribution in [2.45, 2.75) is 66.2 Å². The number of hydrogen-bond acceptors (Lipinski definition) is 3. The van der Waals surface area contributed by atoms with E-state index in [0.717, 1.165) is 6.42 Å². The lowest BCUT2D eigenvalue weighted by atomic mass is 9.99. The lowest BCUT2D eigenvalue weighted by Gasteiger charge is -2.32. The number of nitrogens with zero attached hydrogens (tertiary/aromatic N) is 1. The Morgan fingerprint density at radius 1 is 1.26 bits per heavy atom. The van der Waals surface area contributed by atoms with E-state index in [1.165, 1.54) is 0 Å². The summed E-state index contributed by atoms with van der Waals surface area (Å²) in [5.74, 6) is 1.01. The number of ether oxygens (including phenoxy) is 1. The maximum Gasteiger partial charge on any atom is 0.241 e. The molecule has 1 saturated heterocycles. The normalized spacial score (nSPS) is 27.1. The maximum atomic E-state index is 12.6. The van der Waals surface area contributed by atoms with Gasteiger partial charge in [0.1, 0.15) is 0 Å². The van der Waals surface area contributed by atoms with E-state index < -0.39 is 0 Å². The lowest BCUT2D eigenvalue weighted by molar-refractivity contribution is -0.134. The second-order valence-corrected chi connectivity index (χ2v) is 5.97. The Balaban J connectivity index is 2.82. The van der Waals surface area contributed by atoms with E-state index >= 15 is 0 Å². The van der Waals surface area contributed by atoms with Crippen LogP contribution in [0.25, 0.3) is 0 Å². The van der Waals surface area contributed by atoms with Gasteiger partial charge < -0.3 is 9.64 Å². The average molecular weight is 270 g/mol. The molecule has 1 aliphatic rings. The number of carbonyl (C=O) groups is 1. The third-order valence-electron chi connectivity index (χ3n) is 4.05. The minimum Gasteiger partial charge on any atom is -0.380 e. The molecule has 112 valence electrons. The van der Waals surface area contributed by atoms with Crippen molar-refractivity contribution in [1.82, 2.24) is 10.2 Å². The molecule has 1 rings (SSSR count). The van der Waals surface area contributed by atoms with Gasteiger partial charge in [-0.3, -0.25) is 10.1 Å². The summed E-state index contributed by atoms with van der Waals surface area (Å²) in [5.41, 5.74) is 0. The van der Waals surface area contributed by atoms with Crippen molar-refractivity contribution >= 4 is 5.91 Å². The van der Waals surface area contributed by atoms with Crippen LogP contribution in [0.1, 0.15) is 48.0 Å². The summed E-state index contributed by atoms with van der Waals surface area (Å²) >= 11 is 0. The third kappa shape index (κ3) is 3.69. The number of carbonyl (C=O) groups excluding carboxylic acids is 1. The van der Waals surface area contributed by atoms with Gasteiger partial charge in [0.25, 0.3) is 0 Å². The predicted octanol–water partition coefficient (Wildman–Crippen LogP) is 2.24. The van der Waals surface area contributed by atoms with E-state index in [0.29, 0.717) is 25.0 Å². The largest absolute Gasteiger partial charge is 0.380 e. The summed E-state index contributed by atoms with van der Waals surface area (Å²) in [5, 5.41) is 3.52. The fourth-order valence-corrected chi connectivity index (χ4v) is 2.65. The summed E-state index contributed by atoms with van der Waals surface area (Å²) in [6.45, 7) is 14.0. The fraction of sp³-hybridized carbons (Fsp3) is 0.933. The van der Waals surface area contributed by atoms with Crippen LogP contribution >= 0.6 is 0 Å². The highest BCUT2D eigenvalue weighted by atomic mass is 16.5. The van der Waals surface area contributed by atoms with Crippen LogP contribution in [0, 0.1) is 11.8 Å². The molecule has 0 saturated carbocycles. The molecule has 0 spiro atoms. The van der Waals surface area contributed by atoms with Gasteiger partial charge in [-0.2, -0.15) is 0 Å². The van der Waals surface area contributed by atoms with Crippen LogP contribution in [0.2, 0.25) is 0 Å². The van der Waals surface area contributed by atoms with Crippen molar-refractivity contribution in [2.75, 3.05) is 13.2 Å². The van der Waals surface area contributed by atoms with Gasteiger partial charge in [0.05, 0.1) is 24.9 Å². The molecular weight excluding hydrogens is 240 g/mol. The van der Waals surface area contributed by atoms with Crippen LogP contribution in [0.15, 0.2) is 0 Å². The molecular formula is C15H30N2O2. The van der Waals surface area contributed by atoms with Crippen molar-refractivity contribution in [3.8, 4) is 0 Å². The van der Waals surface area contributed by atoms with Gasteiger partial charge in [0.15, 0.2) is 0 Å². The molecule has 4 atom stereocenters. The standard InChI is InChI=1S/C15H30N2O2/c1-7-11(5)13-15(18)17(12(6)9-19-8-2)14(16-13)10(3)4/h10-14,16H,7-9H2,1-6H3. The van der Waals surface area contributed by atoms with Crippen molar-refractivity contribution in [1.29, 1.82) is 0 Å². The molecule has 19 heavy (non-hydrogen) atoms.